The van der Waals surface area contributed by atoms with E-state index in [1.807, 2.05) is 63.4 Å². The topological polar surface area (TPSA) is 67.5 Å². The largest absolute Gasteiger partial charge is 0.383 e. The zero-order chi connectivity index (χ0) is 17.5. The molecule has 1 atom stereocenters. The van der Waals surface area contributed by atoms with Gasteiger partial charge in [0.15, 0.2) is 0 Å². The molecule has 0 saturated carbocycles. The van der Waals surface area contributed by atoms with Crippen LogP contribution in [0.15, 0.2) is 46.8 Å². The van der Waals surface area contributed by atoms with Gasteiger partial charge >= 0.3 is 0 Å². The highest BCUT2D eigenvalue weighted by Crippen LogP contribution is 2.39. The average Bonchev–Trinajstić information content (AvgIpc) is 3.30. The van der Waals surface area contributed by atoms with Crippen LogP contribution in [0.1, 0.15) is 23.3 Å². The van der Waals surface area contributed by atoms with Gasteiger partial charge in [0.2, 0.25) is 5.91 Å². The molecule has 1 amide bonds. The Morgan fingerprint density at radius 3 is 2.80 bits per heavy atom. The molecule has 1 aliphatic rings. The van der Waals surface area contributed by atoms with Crippen molar-refractivity contribution in [3.05, 3.63) is 52.2 Å². The van der Waals surface area contributed by atoms with E-state index in [4.69, 9.17) is 5.73 Å². The molecule has 1 aliphatic heterocycles. The van der Waals surface area contributed by atoms with E-state index in [1.54, 1.807) is 11.3 Å². The van der Waals surface area contributed by atoms with E-state index in [0.29, 0.717) is 24.1 Å². The van der Waals surface area contributed by atoms with Crippen molar-refractivity contribution in [2.75, 3.05) is 12.3 Å². The van der Waals surface area contributed by atoms with Crippen LogP contribution < -0.4 is 11.1 Å². The van der Waals surface area contributed by atoms with Crippen LogP contribution in [-0.2, 0) is 11.2 Å². The lowest BCUT2D eigenvalue weighted by Crippen LogP contribution is -2.27. The van der Waals surface area contributed by atoms with Gasteiger partial charge in [0.1, 0.15) is 5.84 Å². The van der Waals surface area contributed by atoms with Gasteiger partial charge < -0.3 is 11.1 Å². The average molecular weight is 392 g/mol. The Morgan fingerprint density at radius 1 is 1.28 bits per heavy atom. The first kappa shape index (κ1) is 18.4. The van der Waals surface area contributed by atoms with Crippen LogP contribution in [0, 0.1) is 0 Å². The van der Waals surface area contributed by atoms with E-state index in [-0.39, 0.29) is 5.91 Å². The predicted molar refractivity (Wildman–Crippen MR) is 111 cm³/mol. The SMILES string of the molecule is NC(=Nc1ccc(CCNC(=O)C[C@@H]2CCSS2)cc1)c1cccs1. The fraction of sp³-hybridized carbons (Fsp3) is 0.333. The highest BCUT2D eigenvalue weighted by atomic mass is 33.1. The number of hydrogen-bond acceptors (Lipinski definition) is 5. The molecule has 0 spiro atoms. The van der Waals surface area contributed by atoms with Crippen molar-refractivity contribution in [1.29, 1.82) is 0 Å². The van der Waals surface area contributed by atoms with Crippen molar-refractivity contribution >= 4 is 50.4 Å². The Balaban J connectivity index is 1.44. The molecule has 7 heteroatoms. The minimum absolute atomic E-state index is 0.157. The molecule has 0 radical (unpaired) electrons. The summed E-state index contributed by atoms with van der Waals surface area (Å²) in [6.45, 7) is 0.670. The molecule has 1 aromatic heterocycles. The lowest BCUT2D eigenvalue weighted by atomic mass is 10.1. The number of hydrogen-bond donors (Lipinski definition) is 2. The van der Waals surface area contributed by atoms with Gasteiger partial charge in [-0.1, -0.05) is 39.8 Å². The number of rotatable bonds is 7. The molecule has 3 N–H and O–H groups in total. The monoisotopic (exact) mass is 391 g/mol. The van der Waals surface area contributed by atoms with E-state index < -0.39 is 0 Å². The third-order valence-corrected chi connectivity index (χ3v) is 7.67. The first-order valence-corrected chi connectivity index (χ1v) is 11.5. The van der Waals surface area contributed by atoms with Crippen molar-refractivity contribution in [1.82, 2.24) is 5.32 Å². The lowest BCUT2D eigenvalue weighted by molar-refractivity contribution is -0.121. The Hall–Kier alpha value is -1.44. The van der Waals surface area contributed by atoms with E-state index in [9.17, 15) is 4.79 Å². The summed E-state index contributed by atoms with van der Waals surface area (Å²) in [5.74, 6) is 1.86. The Morgan fingerprint density at radius 2 is 2.12 bits per heavy atom. The van der Waals surface area contributed by atoms with Gasteiger partial charge in [-0.15, -0.1) is 11.3 Å². The van der Waals surface area contributed by atoms with Crippen molar-refractivity contribution in [3.8, 4) is 0 Å². The van der Waals surface area contributed by atoms with Crippen molar-refractivity contribution < 1.29 is 4.79 Å². The highest BCUT2D eigenvalue weighted by Gasteiger charge is 2.19. The zero-order valence-electron chi connectivity index (χ0n) is 13.8. The number of benzene rings is 1. The Bertz CT molecular complexity index is 708. The second kappa shape index (κ2) is 9.31. The molecule has 1 aromatic carbocycles. The maximum Gasteiger partial charge on any atom is 0.221 e. The van der Waals surface area contributed by atoms with Crippen LogP contribution in [0.5, 0.6) is 0 Å². The summed E-state index contributed by atoms with van der Waals surface area (Å²) in [4.78, 5) is 17.3. The molecule has 0 aliphatic carbocycles. The summed E-state index contributed by atoms with van der Waals surface area (Å²) in [5.41, 5.74) is 8.02. The van der Waals surface area contributed by atoms with Crippen molar-refractivity contribution in [2.24, 2.45) is 10.7 Å². The Kier molecular flexibility index (Phi) is 6.84. The van der Waals surface area contributed by atoms with E-state index in [0.717, 1.165) is 29.2 Å². The molecule has 2 aromatic rings. The van der Waals surface area contributed by atoms with Crippen LogP contribution in [0.4, 0.5) is 5.69 Å². The van der Waals surface area contributed by atoms with E-state index in [2.05, 4.69) is 10.3 Å². The van der Waals surface area contributed by atoms with Gasteiger partial charge in [0, 0.05) is 24.0 Å². The summed E-state index contributed by atoms with van der Waals surface area (Å²) in [6, 6.07) is 11.9. The maximum atomic E-state index is 11.9. The fourth-order valence-corrected chi connectivity index (χ4v) is 6.02. The summed E-state index contributed by atoms with van der Waals surface area (Å²) < 4.78 is 0. The zero-order valence-corrected chi connectivity index (χ0v) is 16.3. The first-order valence-electron chi connectivity index (χ1n) is 8.22. The highest BCUT2D eigenvalue weighted by molar-refractivity contribution is 8.77. The minimum Gasteiger partial charge on any atom is -0.383 e. The van der Waals surface area contributed by atoms with Crippen LogP contribution in [-0.4, -0.2) is 29.3 Å². The van der Waals surface area contributed by atoms with E-state index in [1.165, 1.54) is 5.56 Å². The third-order valence-electron chi connectivity index (χ3n) is 3.84. The Labute approximate surface area is 160 Å². The molecule has 1 fully saturated rings. The predicted octanol–water partition coefficient (Wildman–Crippen LogP) is 3.99. The van der Waals surface area contributed by atoms with E-state index >= 15 is 0 Å². The van der Waals surface area contributed by atoms with Gasteiger partial charge in [-0.05, 0) is 42.0 Å². The number of nitrogens with one attached hydrogen (secondary N) is 1. The van der Waals surface area contributed by atoms with Gasteiger partial charge in [-0.3, -0.25) is 4.79 Å². The number of aliphatic imine (C=N–C) groups is 1. The summed E-state index contributed by atoms with van der Waals surface area (Å²) in [6.07, 6.45) is 2.59. The second-order valence-electron chi connectivity index (χ2n) is 5.77. The summed E-state index contributed by atoms with van der Waals surface area (Å²) in [5, 5.41) is 5.48. The molecule has 1 saturated heterocycles. The number of amides is 1. The number of nitrogens with zero attached hydrogens (tertiary/aromatic N) is 1. The molecule has 4 nitrogen and oxygen atoms in total. The maximum absolute atomic E-state index is 11.9. The van der Waals surface area contributed by atoms with Crippen LogP contribution >= 0.6 is 32.9 Å². The molecular weight excluding hydrogens is 370 g/mol. The molecule has 0 unspecified atom stereocenters. The van der Waals surface area contributed by atoms with Crippen LogP contribution in [0.25, 0.3) is 0 Å². The molecule has 25 heavy (non-hydrogen) atoms. The van der Waals surface area contributed by atoms with Crippen molar-refractivity contribution in [3.63, 3.8) is 0 Å². The van der Waals surface area contributed by atoms with Gasteiger partial charge in [0.05, 0.1) is 10.6 Å². The number of carbonyl (C=O) groups excluding carboxylic acids is 1. The van der Waals surface area contributed by atoms with Crippen LogP contribution in [0.3, 0.4) is 0 Å². The normalized spacial score (nSPS) is 17.6. The molecule has 3 rings (SSSR count). The summed E-state index contributed by atoms with van der Waals surface area (Å²) in [7, 11) is 3.71. The van der Waals surface area contributed by atoms with Gasteiger partial charge in [-0.2, -0.15) is 0 Å². The summed E-state index contributed by atoms with van der Waals surface area (Å²) >= 11 is 1.58. The third kappa shape index (κ3) is 5.80. The van der Waals surface area contributed by atoms with Crippen LogP contribution in [0.2, 0.25) is 0 Å². The smallest absolute Gasteiger partial charge is 0.221 e. The molecular formula is C18H21N3OS3. The molecule has 132 valence electrons. The quantitative estimate of drug-likeness (QED) is 0.425. The van der Waals surface area contributed by atoms with Gasteiger partial charge in [-0.25, -0.2) is 4.99 Å². The fourth-order valence-electron chi connectivity index (χ4n) is 2.49. The first-order chi connectivity index (χ1) is 12.2. The number of carbonyl (C=O) groups is 1. The van der Waals surface area contributed by atoms with Gasteiger partial charge in [0.25, 0.3) is 0 Å². The number of thiophene rings is 1. The second-order valence-corrected chi connectivity index (χ2v) is 9.51. The van der Waals surface area contributed by atoms with Crippen molar-refractivity contribution in [2.45, 2.75) is 24.5 Å². The molecule has 0 bridgehead atoms. The lowest BCUT2D eigenvalue weighted by Gasteiger charge is -2.08. The molecule has 2 heterocycles. The number of amidine groups is 1. The standard InChI is InChI=1S/C18H21N3OS3/c19-18(16-2-1-10-23-16)21-14-5-3-13(4-6-14)7-9-20-17(22)12-15-8-11-24-25-15/h1-6,10,15H,7-9,11-12H2,(H2,19,21)(H,20,22)/t15-/m0/s1. The minimum atomic E-state index is 0.157. The number of nitrogens with two attached hydrogens (primary N) is 1.